The molecule has 0 bridgehead atoms. The SMILES string of the molecule is CCNC(=NCc1ncc(CC)s1)NCCc1cc(F)cc(F)c1. The van der Waals surface area contributed by atoms with Crippen LogP contribution in [0.3, 0.4) is 0 Å². The number of aromatic nitrogens is 1. The van der Waals surface area contributed by atoms with Gasteiger partial charge < -0.3 is 10.6 Å². The zero-order chi connectivity index (χ0) is 17.4. The van der Waals surface area contributed by atoms with E-state index in [1.165, 1.54) is 17.0 Å². The minimum Gasteiger partial charge on any atom is -0.357 e. The van der Waals surface area contributed by atoms with E-state index in [1.54, 1.807) is 11.3 Å². The molecule has 4 nitrogen and oxygen atoms in total. The van der Waals surface area contributed by atoms with E-state index in [0.717, 1.165) is 24.0 Å². The first-order valence-electron chi connectivity index (χ1n) is 8.01. The molecule has 1 heterocycles. The van der Waals surface area contributed by atoms with Crippen LogP contribution in [0.15, 0.2) is 29.4 Å². The highest BCUT2D eigenvalue weighted by Crippen LogP contribution is 2.14. The van der Waals surface area contributed by atoms with Crippen LogP contribution in [0.1, 0.15) is 29.3 Å². The number of halogens is 2. The van der Waals surface area contributed by atoms with Crippen LogP contribution in [-0.4, -0.2) is 24.0 Å². The van der Waals surface area contributed by atoms with E-state index in [1.807, 2.05) is 13.1 Å². The standard InChI is InChI=1S/C17H22F2N4S/c1-3-15-10-22-16(24-15)11-23-17(20-4-2)21-6-5-12-7-13(18)9-14(19)8-12/h7-10H,3-6,11H2,1-2H3,(H2,20,21,23). The molecular formula is C17H22F2N4S. The average Bonchev–Trinajstić information content (AvgIpc) is 3.00. The number of nitrogens with one attached hydrogen (secondary N) is 2. The van der Waals surface area contributed by atoms with Crippen LogP contribution in [0, 0.1) is 11.6 Å². The van der Waals surface area contributed by atoms with E-state index in [4.69, 9.17) is 0 Å². The fourth-order valence-electron chi connectivity index (χ4n) is 2.15. The number of rotatable bonds is 7. The van der Waals surface area contributed by atoms with E-state index in [9.17, 15) is 8.78 Å². The molecule has 0 amide bonds. The Balaban J connectivity index is 1.89. The van der Waals surface area contributed by atoms with Gasteiger partial charge in [0.15, 0.2) is 5.96 Å². The predicted octanol–water partition coefficient (Wildman–Crippen LogP) is 3.28. The Labute approximate surface area is 145 Å². The van der Waals surface area contributed by atoms with E-state index in [2.05, 4.69) is 27.5 Å². The van der Waals surface area contributed by atoms with Crippen molar-refractivity contribution in [3.05, 3.63) is 51.5 Å². The molecule has 0 aliphatic rings. The highest BCUT2D eigenvalue weighted by atomic mass is 32.1. The van der Waals surface area contributed by atoms with Gasteiger partial charge in [-0.25, -0.2) is 18.8 Å². The molecule has 0 radical (unpaired) electrons. The molecule has 0 saturated carbocycles. The summed E-state index contributed by atoms with van der Waals surface area (Å²) >= 11 is 1.66. The summed E-state index contributed by atoms with van der Waals surface area (Å²) in [6, 6.07) is 3.56. The number of guanidine groups is 1. The summed E-state index contributed by atoms with van der Waals surface area (Å²) in [5, 5.41) is 7.29. The minimum atomic E-state index is -0.555. The minimum absolute atomic E-state index is 0.509. The molecule has 0 saturated heterocycles. The number of aryl methyl sites for hydroxylation is 1. The Morgan fingerprint density at radius 1 is 1.17 bits per heavy atom. The zero-order valence-corrected chi connectivity index (χ0v) is 14.7. The van der Waals surface area contributed by atoms with Crippen molar-refractivity contribution in [2.75, 3.05) is 13.1 Å². The number of hydrogen-bond acceptors (Lipinski definition) is 3. The second-order valence-electron chi connectivity index (χ2n) is 5.22. The first-order chi connectivity index (χ1) is 11.6. The van der Waals surface area contributed by atoms with Crippen LogP contribution in [0.25, 0.3) is 0 Å². The summed E-state index contributed by atoms with van der Waals surface area (Å²) in [5.41, 5.74) is 0.614. The Morgan fingerprint density at radius 3 is 2.54 bits per heavy atom. The molecule has 0 unspecified atom stereocenters. The van der Waals surface area contributed by atoms with Gasteiger partial charge in [-0.05, 0) is 37.5 Å². The molecule has 24 heavy (non-hydrogen) atoms. The largest absolute Gasteiger partial charge is 0.357 e. The summed E-state index contributed by atoms with van der Waals surface area (Å²) in [4.78, 5) is 10.1. The fourth-order valence-corrected chi connectivity index (χ4v) is 2.94. The maximum atomic E-state index is 13.2. The second kappa shape index (κ2) is 9.32. The maximum Gasteiger partial charge on any atom is 0.191 e. The van der Waals surface area contributed by atoms with Crippen LogP contribution in [0.4, 0.5) is 8.78 Å². The third kappa shape index (κ3) is 5.88. The van der Waals surface area contributed by atoms with E-state index < -0.39 is 11.6 Å². The highest BCUT2D eigenvalue weighted by molar-refractivity contribution is 7.11. The van der Waals surface area contributed by atoms with Crippen molar-refractivity contribution in [2.45, 2.75) is 33.2 Å². The van der Waals surface area contributed by atoms with E-state index >= 15 is 0 Å². The molecular weight excluding hydrogens is 330 g/mol. The zero-order valence-electron chi connectivity index (χ0n) is 13.9. The lowest BCUT2D eigenvalue weighted by Crippen LogP contribution is -2.38. The molecule has 2 aromatic rings. The van der Waals surface area contributed by atoms with Gasteiger partial charge >= 0.3 is 0 Å². The van der Waals surface area contributed by atoms with Crippen molar-refractivity contribution < 1.29 is 8.78 Å². The average molecular weight is 352 g/mol. The monoisotopic (exact) mass is 352 g/mol. The van der Waals surface area contributed by atoms with E-state index in [0.29, 0.717) is 31.0 Å². The summed E-state index contributed by atoms with van der Waals surface area (Å²) < 4.78 is 26.3. The lowest BCUT2D eigenvalue weighted by Gasteiger charge is -2.11. The number of nitrogens with zero attached hydrogens (tertiary/aromatic N) is 2. The van der Waals surface area contributed by atoms with Crippen LogP contribution >= 0.6 is 11.3 Å². The second-order valence-corrected chi connectivity index (χ2v) is 6.42. The lowest BCUT2D eigenvalue weighted by molar-refractivity contribution is 0.579. The molecule has 0 fully saturated rings. The van der Waals surface area contributed by atoms with Gasteiger partial charge in [0.2, 0.25) is 0 Å². The van der Waals surface area contributed by atoms with Crippen molar-refractivity contribution in [3.63, 3.8) is 0 Å². The van der Waals surface area contributed by atoms with Crippen molar-refractivity contribution in [1.29, 1.82) is 0 Å². The quantitative estimate of drug-likeness (QED) is 0.594. The fraction of sp³-hybridized carbons (Fsp3) is 0.412. The van der Waals surface area contributed by atoms with Gasteiger partial charge in [-0.2, -0.15) is 0 Å². The smallest absolute Gasteiger partial charge is 0.191 e. The van der Waals surface area contributed by atoms with Gasteiger partial charge in [-0.1, -0.05) is 6.92 Å². The maximum absolute atomic E-state index is 13.2. The highest BCUT2D eigenvalue weighted by Gasteiger charge is 2.03. The topological polar surface area (TPSA) is 49.3 Å². The van der Waals surface area contributed by atoms with Gasteiger partial charge in [0.25, 0.3) is 0 Å². The first kappa shape index (κ1) is 18.3. The molecule has 0 atom stereocenters. The number of thiazole rings is 1. The molecule has 130 valence electrons. The molecule has 7 heteroatoms. The lowest BCUT2D eigenvalue weighted by atomic mass is 10.1. The van der Waals surface area contributed by atoms with Gasteiger partial charge in [0.1, 0.15) is 16.6 Å². The Bertz CT molecular complexity index is 665. The molecule has 2 rings (SSSR count). The van der Waals surface area contributed by atoms with Crippen molar-refractivity contribution >= 4 is 17.3 Å². The summed E-state index contributed by atoms with van der Waals surface area (Å²) in [7, 11) is 0. The number of hydrogen-bond donors (Lipinski definition) is 2. The molecule has 0 spiro atoms. The van der Waals surface area contributed by atoms with Crippen molar-refractivity contribution in [1.82, 2.24) is 15.6 Å². The normalized spacial score (nSPS) is 11.6. The molecule has 2 N–H and O–H groups in total. The van der Waals surface area contributed by atoms with Gasteiger partial charge in [0.05, 0.1) is 6.54 Å². The van der Waals surface area contributed by atoms with Crippen LogP contribution in [0.2, 0.25) is 0 Å². The molecule has 0 aliphatic carbocycles. The Hall–Kier alpha value is -2.02. The van der Waals surface area contributed by atoms with Crippen LogP contribution in [-0.2, 0) is 19.4 Å². The van der Waals surface area contributed by atoms with Gasteiger partial charge in [0, 0.05) is 30.2 Å². The first-order valence-corrected chi connectivity index (χ1v) is 8.83. The summed E-state index contributed by atoms with van der Waals surface area (Å²) in [6.07, 6.45) is 3.37. The van der Waals surface area contributed by atoms with E-state index in [-0.39, 0.29) is 0 Å². The molecule has 0 aliphatic heterocycles. The third-order valence-electron chi connectivity index (χ3n) is 3.30. The summed E-state index contributed by atoms with van der Waals surface area (Å²) in [5.74, 6) is -0.440. The van der Waals surface area contributed by atoms with Crippen molar-refractivity contribution in [2.24, 2.45) is 4.99 Å². The molecule has 1 aromatic carbocycles. The predicted molar refractivity (Wildman–Crippen MR) is 94.4 cm³/mol. The number of aliphatic imine (C=N–C) groups is 1. The van der Waals surface area contributed by atoms with Gasteiger partial charge in [-0.3, -0.25) is 0 Å². The van der Waals surface area contributed by atoms with Crippen LogP contribution in [0.5, 0.6) is 0 Å². The van der Waals surface area contributed by atoms with Crippen molar-refractivity contribution in [3.8, 4) is 0 Å². The Kier molecular flexibility index (Phi) is 7.11. The summed E-state index contributed by atoms with van der Waals surface area (Å²) in [6.45, 7) is 5.86. The number of benzene rings is 1. The Morgan fingerprint density at radius 2 is 1.92 bits per heavy atom. The third-order valence-corrected chi connectivity index (χ3v) is 4.42. The van der Waals surface area contributed by atoms with Gasteiger partial charge in [-0.15, -0.1) is 11.3 Å². The van der Waals surface area contributed by atoms with Crippen LogP contribution < -0.4 is 10.6 Å². The molecule has 1 aromatic heterocycles.